The lowest BCUT2D eigenvalue weighted by Crippen LogP contribution is -2.13. The molecule has 45 heavy (non-hydrogen) atoms. The number of sulfonamides is 1. The quantitative estimate of drug-likeness (QED) is 0.0618. The number of pyridine rings is 1. The average Bonchev–Trinajstić information content (AvgIpc) is 3.04. The normalized spacial score (nSPS) is 12.4. The molecule has 230 valence electrons. The molecule has 0 fully saturated rings. The summed E-state index contributed by atoms with van der Waals surface area (Å²) >= 11 is 0. The molecule has 0 spiro atoms. The van der Waals surface area contributed by atoms with E-state index in [1.165, 1.54) is 93.2 Å². The van der Waals surface area contributed by atoms with Crippen LogP contribution in [0.3, 0.4) is 0 Å². The van der Waals surface area contributed by atoms with Gasteiger partial charge < -0.3 is 24.8 Å². The number of aromatic hydroxyl groups is 2. The van der Waals surface area contributed by atoms with Crippen molar-refractivity contribution in [2.45, 2.75) is 4.90 Å². The number of aliphatic hydroxyl groups is 1. The van der Waals surface area contributed by atoms with Crippen molar-refractivity contribution >= 4 is 39.5 Å². The number of ketones is 1. The van der Waals surface area contributed by atoms with Crippen molar-refractivity contribution in [2.75, 3.05) is 18.9 Å². The highest BCUT2D eigenvalue weighted by Gasteiger charge is 2.15. The van der Waals surface area contributed by atoms with Crippen LogP contribution < -0.4 is 14.2 Å². The number of nitrogens with zero attached hydrogens (tertiary/aromatic N) is 3. The molecular formula is C32H28N4O8S. The number of benzene rings is 3. The van der Waals surface area contributed by atoms with Gasteiger partial charge in [0.15, 0.2) is 28.7 Å². The van der Waals surface area contributed by atoms with Gasteiger partial charge in [-0.2, -0.15) is 5.11 Å². The van der Waals surface area contributed by atoms with Crippen molar-refractivity contribution in [2.24, 2.45) is 10.2 Å². The third kappa shape index (κ3) is 8.55. The first-order chi connectivity index (χ1) is 21.6. The zero-order valence-corrected chi connectivity index (χ0v) is 24.8. The summed E-state index contributed by atoms with van der Waals surface area (Å²) in [6.07, 6.45) is 6.76. The zero-order valence-electron chi connectivity index (χ0n) is 24.0. The van der Waals surface area contributed by atoms with Crippen LogP contribution in [0, 0.1) is 0 Å². The lowest BCUT2D eigenvalue weighted by molar-refractivity contribution is -0.111. The summed E-state index contributed by atoms with van der Waals surface area (Å²) in [7, 11) is -1.14. The largest absolute Gasteiger partial charge is 0.505 e. The number of azo groups is 1. The third-order valence-electron chi connectivity index (χ3n) is 6.06. The number of phenolic OH excluding ortho intramolecular Hbond substituents is 2. The van der Waals surface area contributed by atoms with E-state index in [0.717, 1.165) is 6.08 Å². The second-order valence-corrected chi connectivity index (χ2v) is 10.8. The number of carbonyl (C=O) groups is 1. The molecule has 0 aliphatic heterocycles. The van der Waals surface area contributed by atoms with Crippen LogP contribution in [0.25, 0.3) is 12.2 Å². The van der Waals surface area contributed by atoms with Crippen LogP contribution in [0.4, 0.5) is 11.5 Å². The summed E-state index contributed by atoms with van der Waals surface area (Å²) in [6.45, 7) is 0. The molecule has 0 aliphatic rings. The highest BCUT2D eigenvalue weighted by atomic mass is 32.2. The number of hydrogen-bond acceptors (Lipinski definition) is 11. The Bertz CT molecular complexity index is 1900. The molecule has 1 aromatic heterocycles. The van der Waals surface area contributed by atoms with Gasteiger partial charge >= 0.3 is 0 Å². The van der Waals surface area contributed by atoms with Gasteiger partial charge in [0.25, 0.3) is 10.0 Å². The number of allylic oxidation sites excluding steroid dienone is 2. The summed E-state index contributed by atoms with van der Waals surface area (Å²) in [5, 5.41) is 38.5. The number of rotatable bonds is 12. The lowest BCUT2D eigenvalue weighted by atomic mass is 10.1. The first-order valence-corrected chi connectivity index (χ1v) is 14.6. The van der Waals surface area contributed by atoms with E-state index >= 15 is 0 Å². The Balaban J connectivity index is 1.63. The number of aromatic nitrogens is 1. The van der Waals surface area contributed by atoms with E-state index in [-0.39, 0.29) is 39.4 Å². The molecule has 0 saturated heterocycles. The molecule has 4 aromatic rings. The van der Waals surface area contributed by atoms with E-state index in [1.807, 2.05) is 0 Å². The van der Waals surface area contributed by atoms with Gasteiger partial charge in [-0.3, -0.25) is 9.52 Å². The predicted octanol–water partition coefficient (Wildman–Crippen LogP) is 6.16. The lowest BCUT2D eigenvalue weighted by Gasteiger charge is -2.07. The van der Waals surface area contributed by atoms with Crippen molar-refractivity contribution in [3.05, 3.63) is 120 Å². The molecule has 0 saturated carbocycles. The van der Waals surface area contributed by atoms with Crippen molar-refractivity contribution in [1.29, 1.82) is 0 Å². The van der Waals surface area contributed by atoms with Crippen LogP contribution in [0.1, 0.15) is 11.1 Å². The van der Waals surface area contributed by atoms with Crippen molar-refractivity contribution in [1.82, 2.24) is 4.98 Å². The Morgan fingerprint density at radius 2 is 1.44 bits per heavy atom. The number of phenols is 2. The second kappa shape index (κ2) is 14.5. The monoisotopic (exact) mass is 628 g/mol. The minimum atomic E-state index is -3.93. The summed E-state index contributed by atoms with van der Waals surface area (Å²) in [5.41, 5.74) is 0.844. The van der Waals surface area contributed by atoms with Gasteiger partial charge in [0.1, 0.15) is 11.6 Å². The number of hydrogen-bond donors (Lipinski definition) is 4. The molecule has 13 heteroatoms. The Morgan fingerprint density at radius 3 is 2.00 bits per heavy atom. The first-order valence-electron chi connectivity index (χ1n) is 13.1. The predicted molar refractivity (Wildman–Crippen MR) is 168 cm³/mol. The fourth-order valence-corrected chi connectivity index (χ4v) is 4.76. The molecule has 0 unspecified atom stereocenters. The average molecular weight is 629 g/mol. The van der Waals surface area contributed by atoms with E-state index < -0.39 is 27.3 Å². The van der Waals surface area contributed by atoms with Crippen LogP contribution in [0.15, 0.2) is 124 Å². The van der Waals surface area contributed by atoms with E-state index in [4.69, 9.17) is 9.47 Å². The minimum Gasteiger partial charge on any atom is -0.505 e. The number of aliphatic hydroxyl groups excluding tert-OH is 1. The first kappa shape index (κ1) is 32.0. The smallest absolute Gasteiger partial charge is 0.263 e. The molecule has 12 nitrogen and oxygen atoms in total. The highest BCUT2D eigenvalue weighted by Crippen LogP contribution is 2.28. The van der Waals surface area contributed by atoms with E-state index in [2.05, 4.69) is 19.9 Å². The fourth-order valence-electron chi connectivity index (χ4n) is 3.75. The standard InChI is InChI=1S/C32H28N4O8S/c1-43-29-19-21(6-14-25(29)37)8-16-27(39)32(28(40)17-9-22-7-15-26(38)30(20-22)44-2)35-34-23-10-12-24(13-11-23)45(41,42)36-31-5-3-4-18-33-31/h3-20,37-39H,1-2H3,(H,33,36)/b16-8+,17-9+,32-27+,35-34?. The van der Waals surface area contributed by atoms with Crippen molar-refractivity contribution in [3.63, 3.8) is 0 Å². The van der Waals surface area contributed by atoms with Crippen LogP contribution in [0.5, 0.6) is 23.0 Å². The minimum absolute atomic E-state index is 0.0543. The number of anilines is 1. The van der Waals surface area contributed by atoms with Gasteiger partial charge in [-0.25, -0.2) is 13.4 Å². The number of carbonyl (C=O) groups excluding carboxylic acids is 1. The Labute approximate surface area is 259 Å². The molecule has 3 aromatic carbocycles. The number of nitrogens with one attached hydrogen (secondary N) is 1. The van der Waals surface area contributed by atoms with Gasteiger partial charge in [0.05, 0.1) is 24.8 Å². The van der Waals surface area contributed by atoms with Crippen LogP contribution in [-0.4, -0.2) is 48.7 Å². The Kier molecular flexibility index (Phi) is 10.3. The maximum Gasteiger partial charge on any atom is 0.263 e. The summed E-state index contributed by atoms with van der Waals surface area (Å²) in [4.78, 5) is 17.1. The molecule has 0 atom stereocenters. The molecule has 1 heterocycles. The van der Waals surface area contributed by atoms with Crippen LogP contribution >= 0.6 is 0 Å². The van der Waals surface area contributed by atoms with E-state index in [9.17, 15) is 28.5 Å². The number of methoxy groups -OCH3 is 2. The van der Waals surface area contributed by atoms with Gasteiger partial charge in [-0.15, -0.1) is 5.11 Å². The summed E-state index contributed by atoms with van der Waals surface area (Å²) in [6, 6.07) is 19.2. The molecule has 0 amide bonds. The van der Waals surface area contributed by atoms with E-state index in [1.54, 1.807) is 24.3 Å². The highest BCUT2D eigenvalue weighted by molar-refractivity contribution is 7.92. The third-order valence-corrected chi connectivity index (χ3v) is 7.43. The van der Waals surface area contributed by atoms with E-state index in [0.29, 0.717) is 11.1 Å². The maximum atomic E-state index is 13.2. The van der Waals surface area contributed by atoms with Crippen LogP contribution in [-0.2, 0) is 14.8 Å². The fraction of sp³-hybridized carbons (Fsp3) is 0.0625. The van der Waals surface area contributed by atoms with Gasteiger partial charge in [-0.05, 0) is 83.9 Å². The van der Waals surface area contributed by atoms with Gasteiger partial charge in [0.2, 0.25) is 5.78 Å². The molecule has 0 bridgehead atoms. The number of ether oxygens (including phenoxy) is 2. The molecule has 4 rings (SSSR count). The summed E-state index contributed by atoms with van der Waals surface area (Å²) in [5.74, 6) is -0.808. The van der Waals surface area contributed by atoms with Gasteiger partial charge in [0, 0.05) is 6.20 Å². The van der Waals surface area contributed by atoms with Crippen LogP contribution in [0.2, 0.25) is 0 Å². The van der Waals surface area contributed by atoms with Crippen molar-refractivity contribution in [3.8, 4) is 23.0 Å². The topological polar surface area (TPSA) is 180 Å². The van der Waals surface area contributed by atoms with Gasteiger partial charge in [-0.1, -0.05) is 30.4 Å². The van der Waals surface area contributed by atoms with Crippen molar-refractivity contribution < 1.29 is 38.0 Å². The SMILES string of the molecule is COc1cc(/C=C/C(=O)/C(N=Nc2ccc(S(=O)(=O)Nc3ccccn3)cc2)=C(O)/C=C/c2ccc(O)c(OC)c2)ccc1O. The molecule has 4 N–H and O–H groups in total. The summed E-state index contributed by atoms with van der Waals surface area (Å²) < 4.78 is 38.0. The molecular weight excluding hydrogens is 600 g/mol. The Hall–Kier alpha value is -5.95. The Morgan fingerprint density at radius 1 is 0.844 bits per heavy atom. The zero-order chi connectivity index (χ0) is 32.4. The maximum absolute atomic E-state index is 13.2. The second-order valence-electron chi connectivity index (χ2n) is 9.14. The molecule has 0 aliphatic carbocycles. The molecule has 0 radical (unpaired) electrons.